The molecule has 0 bridgehead atoms. The summed E-state index contributed by atoms with van der Waals surface area (Å²) in [6.07, 6.45) is 2.82. The average Bonchev–Trinajstić information content (AvgIpc) is 2.36. The standard InChI is InChI=1S/C12H17ClN2O2/c1-3-12(4-2,8-16)15-11(17)9-5-6-14-10(13)7-9/h5-7,16H,3-4,8H2,1-2H3,(H,15,17). The maximum absolute atomic E-state index is 12.0. The second-order valence-corrected chi connectivity index (χ2v) is 4.35. The Morgan fingerprint density at radius 2 is 2.18 bits per heavy atom. The van der Waals surface area contributed by atoms with Crippen molar-refractivity contribution in [3.63, 3.8) is 0 Å². The molecule has 1 rings (SSSR count). The highest BCUT2D eigenvalue weighted by molar-refractivity contribution is 6.29. The number of halogens is 1. The molecule has 0 aromatic carbocycles. The van der Waals surface area contributed by atoms with Crippen LogP contribution in [0.1, 0.15) is 37.0 Å². The number of aliphatic hydroxyl groups excluding tert-OH is 1. The van der Waals surface area contributed by atoms with E-state index in [0.717, 1.165) is 0 Å². The van der Waals surface area contributed by atoms with Crippen LogP contribution in [0.3, 0.4) is 0 Å². The summed E-state index contributed by atoms with van der Waals surface area (Å²) < 4.78 is 0. The Labute approximate surface area is 106 Å². The fraction of sp³-hybridized carbons (Fsp3) is 0.500. The van der Waals surface area contributed by atoms with Crippen molar-refractivity contribution in [1.29, 1.82) is 0 Å². The van der Waals surface area contributed by atoms with E-state index in [9.17, 15) is 9.90 Å². The number of hydrogen-bond donors (Lipinski definition) is 2. The van der Waals surface area contributed by atoms with Gasteiger partial charge in [-0.25, -0.2) is 4.98 Å². The van der Waals surface area contributed by atoms with Crippen molar-refractivity contribution in [1.82, 2.24) is 10.3 Å². The first-order chi connectivity index (χ1) is 8.06. The fourth-order valence-corrected chi connectivity index (χ4v) is 1.72. The molecule has 5 heteroatoms. The molecule has 0 saturated heterocycles. The van der Waals surface area contributed by atoms with Crippen molar-refractivity contribution in [3.05, 3.63) is 29.0 Å². The van der Waals surface area contributed by atoms with Gasteiger partial charge in [0.25, 0.3) is 5.91 Å². The zero-order valence-electron chi connectivity index (χ0n) is 10.0. The lowest BCUT2D eigenvalue weighted by atomic mass is 9.93. The Bertz CT molecular complexity index is 384. The van der Waals surface area contributed by atoms with E-state index < -0.39 is 5.54 Å². The summed E-state index contributed by atoms with van der Waals surface area (Å²) in [5, 5.41) is 12.5. The number of aromatic nitrogens is 1. The van der Waals surface area contributed by atoms with Crippen molar-refractivity contribution < 1.29 is 9.90 Å². The molecular formula is C12H17ClN2O2. The van der Waals surface area contributed by atoms with Crippen LogP contribution in [0.15, 0.2) is 18.3 Å². The Balaban J connectivity index is 2.84. The molecule has 0 unspecified atom stereocenters. The highest BCUT2D eigenvalue weighted by Gasteiger charge is 2.27. The van der Waals surface area contributed by atoms with E-state index in [2.05, 4.69) is 10.3 Å². The number of pyridine rings is 1. The summed E-state index contributed by atoms with van der Waals surface area (Å²) >= 11 is 5.72. The van der Waals surface area contributed by atoms with Crippen molar-refractivity contribution >= 4 is 17.5 Å². The monoisotopic (exact) mass is 256 g/mol. The number of carbonyl (C=O) groups excluding carboxylic acids is 1. The summed E-state index contributed by atoms with van der Waals surface area (Å²) in [5.74, 6) is -0.243. The van der Waals surface area contributed by atoms with Gasteiger partial charge >= 0.3 is 0 Å². The van der Waals surface area contributed by atoms with Gasteiger partial charge < -0.3 is 10.4 Å². The third kappa shape index (κ3) is 3.41. The Kier molecular flexibility index (Phi) is 4.90. The van der Waals surface area contributed by atoms with Crippen molar-refractivity contribution in [2.24, 2.45) is 0 Å². The molecule has 4 nitrogen and oxygen atoms in total. The van der Waals surface area contributed by atoms with E-state index in [1.165, 1.54) is 12.3 Å². The number of hydrogen-bond acceptors (Lipinski definition) is 3. The Morgan fingerprint density at radius 3 is 2.65 bits per heavy atom. The minimum atomic E-state index is -0.563. The van der Waals surface area contributed by atoms with Crippen LogP contribution < -0.4 is 5.32 Å². The molecule has 17 heavy (non-hydrogen) atoms. The second kappa shape index (κ2) is 5.98. The maximum atomic E-state index is 12.0. The Hall–Kier alpha value is -1.13. The van der Waals surface area contributed by atoms with E-state index in [4.69, 9.17) is 11.6 Å². The number of nitrogens with zero attached hydrogens (tertiary/aromatic N) is 1. The summed E-state index contributed by atoms with van der Waals surface area (Å²) in [4.78, 5) is 15.8. The van der Waals surface area contributed by atoms with E-state index in [1.807, 2.05) is 13.8 Å². The van der Waals surface area contributed by atoms with Gasteiger partial charge in [-0.1, -0.05) is 25.4 Å². The van der Waals surface area contributed by atoms with Gasteiger partial charge in [-0.3, -0.25) is 4.79 Å². The second-order valence-electron chi connectivity index (χ2n) is 3.97. The van der Waals surface area contributed by atoms with Gasteiger partial charge in [-0.2, -0.15) is 0 Å². The number of aliphatic hydroxyl groups is 1. The van der Waals surface area contributed by atoms with Crippen LogP contribution in [0.2, 0.25) is 5.15 Å². The molecule has 0 fully saturated rings. The molecule has 0 radical (unpaired) electrons. The number of nitrogens with one attached hydrogen (secondary N) is 1. The summed E-state index contributed by atoms with van der Waals surface area (Å²) in [6.45, 7) is 3.78. The van der Waals surface area contributed by atoms with Gasteiger partial charge in [0.2, 0.25) is 0 Å². The summed E-state index contributed by atoms with van der Waals surface area (Å²) in [5.41, 5.74) is -0.114. The van der Waals surface area contributed by atoms with Gasteiger partial charge in [0, 0.05) is 11.8 Å². The smallest absolute Gasteiger partial charge is 0.251 e. The van der Waals surface area contributed by atoms with Crippen LogP contribution in [0.5, 0.6) is 0 Å². The van der Waals surface area contributed by atoms with Gasteiger partial charge in [-0.15, -0.1) is 0 Å². The van der Waals surface area contributed by atoms with Crippen LogP contribution in [0.4, 0.5) is 0 Å². The van der Waals surface area contributed by atoms with Crippen LogP contribution in [-0.2, 0) is 0 Å². The first-order valence-corrected chi connectivity index (χ1v) is 5.99. The lowest BCUT2D eigenvalue weighted by Gasteiger charge is -2.30. The molecule has 0 spiro atoms. The first-order valence-electron chi connectivity index (χ1n) is 5.62. The first kappa shape index (κ1) is 13.9. The van der Waals surface area contributed by atoms with Gasteiger partial charge in [0.05, 0.1) is 12.1 Å². The maximum Gasteiger partial charge on any atom is 0.251 e. The lowest BCUT2D eigenvalue weighted by molar-refractivity contribution is 0.0817. The molecule has 0 saturated carbocycles. The quantitative estimate of drug-likeness (QED) is 0.793. The van der Waals surface area contributed by atoms with E-state index in [-0.39, 0.29) is 17.7 Å². The minimum absolute atomic E-state index is 0.0788. The molecule has 0 atom stereocenters. The van der Waals surface area contributed by atoms with Crippen LogP contribution in [0, 0.1) is 0 Å². The van der Waals surface area contributed by atoms with Gasteiger partial charge in [0.1, 0.15) is 5.15 Å². The zero-order valence-corrected chi connectivity index (χ0v) is 10.8. The summed E-state index contributed by atoms with van der Waals surface area (Å²) in [7, 11) is 0. The summed E-state index contributed by atoms with van der Waals surface area (Å²) in [6, 6.07) is 3.10. The normalized spacial score (nSPS) is 11.3. The molecule has 1 amide bonds. The molecule has 0 aliphatic heterocycles. The van der Waals surface area contributed by atoms with Crippen molar-refractivity contribution in [2.75, 3.05) is 6.61 Å². The van der Waals surface area contributed by atoms with Gasteiger partial charge in [-0.05, 0) is 25.0 Å². The largest absolute Gasteiger partial charge is 0.394 e. The van der Waals surface area contributed by atoms with E-state index in [0.29, 0.717) is 18.4 Å². The molecule has 1 heterocycles. The Morgan fingerprint density at radius 1 is 1.53 bits per heavy atom. The predicted molar refractivity (Wildman–Crippen MR) is 67.1 cm³/mol. The van der Waals surface area contributed by atoms with Crippen LogP contribution in [0.25, 0.3) is 0 Å². The van der Waals surface area contributed by atoms with Crippen LogP contribution >= 0.6 is 11.6 Å². The molecule has 1 aromatic heterocycles. The molecule has 0 aliphatic carbocycles. The van der Waals surface area contributed by atoms with E-state index >= 15 is 0 Å². The van der Waals surface area contributed by atoms with Crippen molar-refractivity contribution in [2.45, 2.75) is 32.2 Å². The number of carbonyl (C=O) groups is 1. The zero-order chi connectivity index (χ0) is 12.9. The third-order valence-corrected chi connectivity index (χ3v) is 3.23. The fourth-order valence-electron chi connectivity index (χ4n) is 1.55. The number of amides is 1. The van der Waals surface area contributed by atoms with Crippen molar-refractivity contribution in [3.8, 4) is 0 Å². The highest BCUT2D eigenvalue weighted by Crippen LogP contribution is 2.16. The number of rotatable bonds is 5. The lowest BCUT2D eigenvalue weighted by Crippen LogP contribution is -2.50. The third-order valence-electron chi connectivity index (χ3n) is 3.02. The molecule has 94 valence electrons. The molecular weight excluding hydrogens is 240 g/mol. The average molecular weight is 257 g/mol. The highest BCUT2D eigenvalue weighted by atomic mass is 35.5. The van der Waals surface area contributed by atoms with Crippen LogP contribution in [-0.4, -0.2) is 28.1 Å². The van der Waals surface area contributed by atoms with Gasteiger partial charge in [0.15, 0.2) is 0 Å². The topological polar surface area (TPSA) is 62.2 Å². The SMILES string of the molecule is CCC(CC)(CO)NC(=O)c1ccnc(Cl)c1. The predicted octanol–water partition coefficient (Wildman–Crippen LogP) is 2.02. The minimum Gasteiger partial charge on any atom is -0.394 e. The molecule has 2 N–H and O–H groups in total. The van der Waals surface area contributed by atoms with E-state index in [1.54, 1.807) is 6.07 Å². The molecule has 1 aromatic rings. The molecule has 0 aliphatic rings.